The summed E-state index contributed by atoms with van der Waals surface area (Å²) in [5.41, 5.74) is 6.78. The van der Waals surface area contributed by atoms with Gasteiger partial charge in [0.25, 0.3) is 0 Å². The summed E-state index contributed by atoms with van der Waals surface area (Å²) in [6, 6.07) is 7.69. The molecular weight excluding hydrogens is 256 g/mol. The van der Waals surface area contributed by atoms with Crippen LogP contribution in [0.4, 0.5) is 0 Å². The highest BCUT2D eigenvalue weighted by Crippen LogP contribution is 2.16. The fraction of sp³-hybridized carbons (Fsp3) is 0.364. The van der Waals surface area contributed by atoms with Crippen LogP contribution in [0.3, 0.4) is 0 Å². The molecule has 2 rings (SSSR count). The summed E-state index contributed by atoms with van der Waals surface area (Å²) in [6.45, 7) is 1.43. The number of hydrogen-bond acceptors (Lipinski definition) is 2. The number of halogens is 1. The van der Waals surface area contributed by atoms with Gasteiger partial charge in [0.15, 0.2) is 0 Å². The average Bonchev–Trinajstić information content (AvgIpc) is 2.50. The molecular formula is C11H13BrN2O. The molecule has 3 nitrogen and oxygen atoms in total. The molecule has 2 N–H and O–H groups in total. The molecule has 0 saturated carbocycles. The topological polar surface area (TPSA) is 46.3 Å². The first-order chi connectivity index (χ1) is 7.16. The van der Waals surface area contributed by atoms with Gasteiger partial charge < -0.3 is 10.6 Å². The van der Waals surface area contributed by atoms with Crippen molar-refractivity contribution in [2.45, 2.75) is 19.0 Å². The minimum Gasteiger partial charge on any atom is -0.337 e. The molecule has 1 aromatic carbocycles. The van der Waals surface area contributed by atoms with E-state index in [2.05, 4.69) is 15.9 Å². The maximum Gasteiger partial charge on any atom is 0.239 e. The maximum atomic E-state index is 11.6. The van der Waals surface area contributed by atoms with E-state index in [1.807, 2.05) is 29.2 Å². The lowest BCUT2D eigenvalue weighted by Crippen LogP contribution is -2.33. The predicted octanol–water partition coefficient (Wildman–Crippen LogP) is 1.51. The van der Waals surface area contributed by atoms with Crippen LogP contribution < -0.4 is 5.73 Å². The Balaban J connectivity index is 2.06. The monoisotopic (exact) mass is 268 g/mol. The molecule has 1 fully saturated rings. The highest BCUT2D eigenvalue weighted by Gasteiger charge is 2.28. The van der Waals surface area contributed by atoms with E-state index >= 15 is 0 Å². The van der Waals surface area contributed by atoms with Gasteiger partial charge in [-0.1, -0.05) is 28.1 Å². The molecule has 1 aromatic rings. The Hall–Kier alpha value is -0.870. The van der Waals surface area contributed by atoms with Crippen molar-refractivity contribution in [3.8, 4) is 0 Å². The third-order valence-electron chi connectivity index (χ3n) is 2.60. The first-order valence-corrected chi connectivity index (χ1v) is 5.75. The van der Waals surface area contributed by atoms with Crippen LogP contribution in [0.25, 0.3) is 0 Å². The standard InChI is InChI=1S/C11H13BrN2O/c12-9-3-1-2-8(6-9)7-14-5-4-10(13)11(14)15/h1-3,6,10H,4-5,7,13H2. The molecule has 1 aliphatic rings. The Bertz CT molecular complexity index is 381. The van der Waals surface area contributed by atoms with Gasteiger partial charge in [0.2, 0.25) is 5.91 Å². The molecule has 1 aliphatic heterocycles. The van der Waals surface area contributed by atoms with Gasteiger partial charge in [0.05, 0.1) is 6.04 Å². The van der Waals surface area contributed by atoms with Crippen LogP contribution in [0.1, 0.15) is 12.0 Å². The lowest BCUT2D eigenvalue weighted by molar-refractivity contribution is -0.129. The van der Waals surface area contributed by atoms with Crippen LogP contribution in [-0.4, -0.2) is 23.4 Å². The van der Waals surface area contributed by atoms with Crippen LogP contribution in [0.5, 0.6) is 0 Å². The second-order valence-corrected chi connectivity index (χ2v) is 4.70. The van der Waals surface area contributed by atoms with Gasteiger partial charge in [-0.15, -0.1) is 0 Å². The first-order valence-electron chi connectivity index (χ1n) is 4.95. The number of likely N-dealkylation sites (tertiary alicyclic amines) is 1. The number of amides is 1. The number of carbonyl (C=O) groups is 1. The Kier molecular flexibility index (Phi) is 3.07. The minimum absolute atomic E-state index is 0.0648. The largest absolute Gasteiger partial charge is 0.337 e. The summed E-state index contributed by atoms with van der Waals surface area (Å²) in [5, 5.41) is 0. The summed E-state index contributed by atoms with van der Waals surface area (Å²) in [6.07, 6.45) is 0.771. The Labute approximate surface area is 97.4 Å². The molecule has 15 heavy (non-hydrogen) atoms. The van der Waals surface area contributed by atoms with Crippen molar-refractivity contribution in [1.29, 1.82) is 0 Å². The Morgan fingerprint density at radius 1 is 1.53 bits per heavy atom. The number of benzene rings is 1. The van der Waals surface area contributed by atoms with Crippen molar-refractivity contribution in [3.05, 3.63) is 34.3 Å². The normalized spacial score (nSPS) is 21.1. The van der Waals surface area contributed by atoms with Gasteiger partial charge in [0.1, 0.15) is 0 Å². The minimum atomic E-state index is -0.294. The van der Waals surface area contributed by atoms with Gasteiger partial charge in [-0.05, 0) is 24.1 Å². The predicted molar refractivity (Wildman–Crippen MR) is 62.2 cm³/mol. The van der Waals surface area contributed by atoms with Gasteiger partial charge in [-0.3, -0.25) is 4.79 Å². The van der Waals surface area contributed by atoms with E-state index in [1.54, 1.807) is 0 Å². The van der Waals surface area contributed by atoms with Crippen LogP contribution in [0.2, 0.25) is 0 Å². The first kappa shape index (κ1) is 10.6. The van der Waals surface area contributed by atoms with E-state index in [-0.39, 0.29) is 11.9 Å². The maximum absolute atomic E-state index is 11.6. The van der Waals surface area contributed by atoms with Gasteiger partial charge in [-0.2, -0.15) is 0 Å². The number of carbonyl (C=O) groups excluding carboxylic acids is 1. The molecule has 1 saturated heterocycles. The van der Waals surface area contributed by atoms with Gasteiger partial charge in [-0.25, -0.2) is 0 Å². The zero-order chi connectivity index (χ0) is 10.8. The molecule has 4 heteroatoms. The smallest absolute Gasteiger partial charge is 0.239 e. The van der Waals surface area contributed by atoms with E-state index in [0.717, 1.165) is 23.0 Å². The molecule has 0 bridgehead atoms. The highest BCUT2D eigenvalue weighted by atomic mass is 79.9. The van der Waals surface area contributed by atoms with Crippen LogP contribution in [-0.2, 0) is 11.3 Å². The van der Waals surface area contributed by atoms with E-state index in [1.165, 1.54) is 0 Å². The van der Waals surface area contributed by atoms with E-state index in [9.17, 15) is 4.79 Å². The summed E-state index contributed by atoms with van der Waals surface area (Å²) < 4.78 is 1.04. The Morgan fingerprint density at radius 2 is 2.33 bits per heavy atom. The number of hydrogen-bond donors (Lipinski definition) is 1. The second kappa shape index (κ2) is 4.33. The lowest BCUT2D eigenvalue weighted by Gasteiger charge is -2.15. The number of rotatable bonds is 2. The average molecular weight is 269 g/mol. The van der Waals surface area contributed by atoms with Crippen molar-refractivity contribution in [2.24, 2.45) is 5.73 Å². The molecule has 0 radical (unpaired) electrons. The molecule has 1 atom stereocenters. The van der Waals surface area contributed by atoms with Crippen molar-refractivity contribution in [2.75, 3.05) is 6.54 Å². The zero-order valence-electron chi connectivity index (χ0n) is 8.32. The van der Waals surface area contributed by atoms with E-state index in [4.69, 9.17) is 5.73 Å². The van der Waals surface area contributed by atoms with Crippen LogP contribution in [0.15, 0.2) is 28.7 Å². The molecule has 1 amide bonds. The number of nitrogens with zero attached hydrogens (tertiary/aromatic N) is 1. The Morgan fingerprint density at radius 3 is 2.93 bits per heavy atom. The fourth-order valence-corrected chi connectivity index (χ4v) is 2.22. The fourth-order valence-electron chi connectivity index (χ4n) is 1.78. The quantitative estimate of drug-likeness (QED) is 0.884. The lowest BCUT2D eigenvalue weighted by atomic mass is 10.2. The number of nitrogens with two attached hydrogens (primary N) is 1. The van der Waals surface area contributed by atoms with Crippen molar-refractivity contribution >= 4 is 21.8 Å². The molecule has 0 aliphatic carbocycles. The zero-order valence-corrected chi connectivity index (χ0v) is 9.90. The summed E-state index contributed by atoms with van der Waals surface area (Å²) in [5.74, 6) is 0.0648. The molecule has 1 unspecified atom stereocenters. The third kappa shape index (κ3) is 2.38. The highest BCUT2D eigenvalue weighted by molar-refractivity contribution is 9.10. The molecule has 80 valence electrons. The van der Waals surface area contributed by atoms with Gasteiger partial charge in [0, 0.05) is 17.6 Å². The molecule has 0 spiro atoms. The summed E-state index contributed by atoms with van der Waals surface area (Å²) in [4.78, 5) is 13.4. The van der Waals surface area contributed by atoms with Crippen molar-refractivity contribution in [3.63, 3.8) is 0 Å². The van der Waals surface area contributed by atoms with Crippen LogP contribution in [0, 0.1) is 0 Å². The van der Waals surface area contributed by atoms with Crippen molar-refractivity contribution < 1.29 is 4.79 Å². The third-order valence-corrected chi connectivity index (χ3v) is 3.09. The van der Waals surface area contributed by atoms with Crippen LogP contribution >= 0.6 is 15.9 Å². The molecule has 1 heterocycles. The summed E-state index contributed by atoms with van der Waals surface area (Å²) in [7, 11) is 0. The second-order valence-electron chi connectivity index (χ2n) is 3.78. The summed E-state index contributed by atoms with van der Waals surface area (Å²) >= 11 is 3.41. The van der Waals surface area contributed by atoms with E-state index in [0.29, 0.717) is 6.54 Å². The molecule has 0 aromatic heterocycles. The van der Waals surface area contributed by atoms with Crippen molar-refractivity contribution in [1.82, 2.24) is 4.90 Å². The SMILES string of the molecule is NC1CCN(Cc2cccc(Br)c2)C1=O. The van der Waals surface area contributed by atoms with E-state index < -0.39 is 0 Å². The van der Waals surface area contributed by atoms with Gasteiger partial charge >= 0.3 is 0 Å².